The molecule has 0 spiro atoms. The summed E-state index contributed by atoms with van der Waals surface area (Å²) >= 11 is 0. The maximum absolute atomic E-state index is 10.8. The van der Waals surface area contributed by atoms with Gasteiger partial charge in [-0.15, -0.1) is 0 Å². The molecule has 1 aromatic rings. The van der Waals surface area contributed by atoms with Crippen LogP contribution in [0.4, 0.5) is 0 Å². The Labute approximate surface area is 111 Å². The first-order valence-corrected chi connectivity index (χ1v) is 7.28. The lowest BCUT2D eigenvalue weighted by atomic mass is 9.74. The Hall–Kier alpha value is -1.11. The molecule has 0 saturated heterocycles. The van der Waals surface area contributed by atoms with Gasteiger partial charge in [-0.05, 0) is 55.1 Å². The van der Waals surface area contributed by atoms with Crippen LogP contribution in [0, 0.1) is 11.8 Å². The zero-order valence-corrected chi connectivity index (χ0v) is 11.6. The van der Waals surface area contributed by atoms with Gasteiger partial charge in [-0.2, -0.15) is 0 Å². The van der Waals surface area contributed by atoms with E-state index in [2.05, 4.69) is 38.1 Å². The molecule has 1 heteroatoms. The first kappa shape index (κ1) is 13.3. The molecule has 1 aliphatic carbocycles. The van der Waals surface area contributed by atoms with Crippen LogP contribution in [0.5, 0.6) is 0 Å². The molecule has 1 aliphatic rings. The van der Waals surface area contributed by atoms with Gasteiger partial charge in [0.1, 0.15) is 6.29 Å². The van der Waals surface area contributed by atoms with Gasteiger partial charge in [0.05, 0.1) is 0 Å². The highest BCUT2D eigenvalue weighted by Crippen LogP contribution is 2.38. The van der Waals surface area contributed by atoms with Gasteiger partial charge in [0, 0.05) is 5.92 Å². The van der Waals surface area contributed by atoms with Crippen LogP contribution in [-0.4, -0.2) is 6.29 Å². The number of aryl methyl sites for hydroxylation is 1. The zero-order valence-electron chi connectivity index (χ0n) is 11.6. The SMILES string of the molecule is CCc1ccc(C2CCC(C(C)C=O)CC2)cc1. The number of rotatable bonds is 4. The Balaban J connectivity index is 1.94. The van der Waals surface area contributed by atoms with Gasteiger partial charge in [-0.1, -0.05) is 38.1 Å². The summed E-state index contributed by atoms with van der Waals surface area (Å²) in [6, 6.07) is 9.12. The minimum atomic E-state index is 0.244. The molecule has 1 aromatic carbocycles. The van der Waals surface area contributed by atoms with Gasteiger partial charge >= 0.3 is 0 Å². The Morgan fingerprint density at radius 1 is 1.17 bits per heavy atom. The first-order valence-electron chi connectivity index (χ1n) is 7.28. The van der Waals surface area contributed by atoms with Gasteiger partial charge in [-0.25, -0.2) is 0 Å². The van der Waals surface area contributed by atoms with Crippen LogP contribution < -0.4 is 0 Å². The van der Waals surface area contributed by atoms with Crippen molar-refractivity contribution in [1.82, 2.24) is 0 Å². The lowest BCUT2D eigenvalue weighted by Crippen LogP contribution is -2.20. The average Bonchev–Trinajstić information content (AvgIpc) is 2.47. The van der Waals surface area contributed by atoms with Crippen molar-refractivity contribution >= 4 is 6.29 Å². The summed E-state index contributed by atoms with van der Waals surface area (Å²) in [5.41, 5.74) is 2.91. The highest BCUT2D eigenvalue weighted by Gasteiger charge is 2.25. The lowest BCUT2D eigenvalue weighted by Gasteiger charge is -2.30. The molecule has 0 amide bonds. The van der Waals surface area contributed by atoms with Crippen molar-refractivity contribution in [2.24, 2.45) is 11.8 Å². The standard InChI is InChI=1S/C17H24O/c1-3-14-4-6-16(7-5-14)17-10-8-15(9-11-17)13(2)12-18/h4-7,12-13,15,17H,3,8-11H2,1-2H3. The third-order valence-electron chi connectivity index (χ3n) is 4.59. The van der Waals surface area contributed by atoms with E-state index in [9.17, 15) is 4.79 Å². The lowest BCUT2D eigenvalue weighted by molar-refractivity contribution is -0.112. The fourth-order valence-electron chi connectivity index (χ4n) is 3.11. The molecule has 1 unspecified atom stereocenters. The molecule has 18 heavy (non-hydrogen) atoms. The van der Waals surface area contributed by atoms with E-state index in [4.69, 9.17) is 0 Å². The number of aldehydes is 1. The van der Waals surface area contributed by atoms with E-state index in [-0.39, 0.29) is 5.92 Å². The zero-order chi connectivity index (χ0) is 13.0. The second-order valence-corrected chi connectivity index (χ2v) is 5.70. The van der Waals surface area contributed by atoms with E-state index in [0.717, 1.165) is 12.7 Å². The molecule has 1 fully saturated rings. The molecule has 0 radical (unpaired) electrons. The van der Waals surface area contributed by atoms with Crippen LogP contribution in [0.1, 0.15) is 56.6 Å². The Bertz CT molecular complexity index is 371. The number of hydrogen-bond acceptors (Lipinski definition) is 1. The number of carbonyl (C=O) groups excluding carboxylic acids is 1. The summed E-state index contributed by atoms with van der Waals surface area (Å²) in [7, 11) is 0. The Morgan fingerprint density at radius 2 is 1.78 bits per heavy atom. The first-order chi connectivity index (χ1) is 8.74. The van der Waals surface area contributed by atoms with Crippen LogP contribution in [0.25, 0.3) is 0 Å². The van der Waals surface area contributed by atoms with Gasteiger partial charge in [-0.3, -0.25) is 0 Å². The van der Waals surface area contributed by atoms with Crippen molar-refractivity contribution in [3.05, 3.63) is 35.4 Å². The number of benzene rings is 1. The molecule has 1 nitrogen and oxygen atoms in total. The summed E-state index contributed by atoms with van der Waals surface area (Å²) < 4.78 is 0. The molecule has 0 heterocycles. The largest absolute Gasteiger partial charge is 0.303 e. The van der Waals surface area contributed by atoms with Crippen molar-refractivity contribution in [1.29, 1.82) is 0 Å². The Kier molecular flexibility index (Phi) is 4.57. The monoisotopic (exact) mass is 244 g/mol. The van der Waals surface area contributed by atoms with E-state index in [1.54, 1.807) is 0 Å². The maximum atomic E-state index is 10.8. The van der Waals surface area contributed by atoms with Crippen molar-refractivity contribution in [2.45, 2.75) is 51.9 Å². The van der Waals surface area contributed by atoms with Gasteiger partial charge in [0.25, 0.3) is 0 Å². The van der Waals surface area contributed by atoms with Crippen molar-refractivity contribution < 1.29 is 4.79 Å². The van der Waals surface area contributed by atoms with E-state index >= 15 is 0 Å². The average molecular weight is 244 g/mol. The summed E-state index contributed by atoms with van der Waals surface area (Å²) in [5.74, 6) is 1.58. The molecule has 1 atom stereocenters. The summed E-state index contributed by atoms with van der Waals surface area (Å²) in [4.78, 5) is 10.8. The molecule has 1 saturated carbocycles. The van der Waals surface area contributed by atoms with Gasteiger partial charge in [0.2, 0.25) is 0 Å². The predicted octanol–water partition coefficient (Wildman–Crippen LogP) is 4.36. The summed E-state index contributed by atoms with van der Waals surface area (Å²) in [6.45, 7) is 4.26. The summed E-state index contributed by atoms with van der Waals surface area (Å²) in [6.07, 6.45) is 7.15. The molecule has 2 rings (SSSR count). The predicted molar refractivity (Wildman–Crippen MR) is 75.7 cm³/mol. The van der Waals surface area contributed by atoms with Crippen LogP contribution >= 0.6 is 0 Å². The van der Waals surface area contributed by atoms with Gasteiger partial charge in [0.15, 0.2) is 0 Å². The van der Waals surface area contributed by atoms with E-state index in [1.807, 2.05) is 0 Å². The minimum absolute atomic E-state index is 0.244. The smallest absolute Gasteiger partial charge is 0.123 e. The fraction of sp³-hybridized carbons (Fsp3) is 0.588. The molecular weight excluding hydrogens is 220 g/mol. The Morgan fingerprint density at radius 3 is 2.28 bits per heavy atom. The van der Waals surface area contributed by atoms with E-state index < -0.39 is 0 Å². The molecule has 0 bridgehead atoms. The highest BCUT2D eigenvalue weighted by atomic mass is 16.1. The normalized spacial score (nSPS) is 25.7. The quantitative estimate of drug-likeness (QED) is 0.719. The van der Waals surface area contributed by atoms with Gasteiger partial charge < -0.3 is 4.79 Å². The third kappa shape index (κ3) is 3.01. The molecule has 0 aliphatic heterocycles. The van der Waals surface area contributed by atoms with Crippen molar-refractivity contribution in [3.63, 3.8) is 0 Å². The number of hydrogen-bond donors (Lipinski definition) is 0. The maximum Gasteiger partial charge on any atom is 0.123 e. The third-order valence-corrected chi connectivity index (χ3v) is 4.59. The fourth-order valence-corrected chi connectivity index (χ4v) is 3.11. The van der Waals surface area contributed by atoms with Crippen LogP contribution in [0.15, 0.2) is 24.3 Å². The molecular formula is C17H24O. The highest BCUT2D eigenvalue weighted by molar-refractivity contribution is 5.53. The van der Waals surface area contributed by atoms with Crippen LogP contribution in [0.3, 0.4) is 0 Å². The molecule has 0 aromatic heterocycles. The van der Waals surface area contributed by atoms with E-state index in [1.165, 1.54) is 36.8 Å². The van der Waals surface area contributed by atoms with Crippen LogP contribution in [-0.2, 0) is 11.2 Å². The second kappa shape index (κ2) is 6.17. The molecule has 0 N–H and O–H groups in total. The number of carbonyl (C=O) groups is 1. The van der Waals surface area contributed by atoms with Crippen molar-refractivity contribution in [3.8, 4) is 0 Å². The topological polar surface area (TPSA) is 17.1 Å². The van der Waals surface area contributed by atoms with Crippen molar-refractivity contribution in [2.75, 3.05) is 0 Å². The van der Waals surface area contributed by atoms with Crippen LogP contribution in [0.2, 0.25) is 0 Å². The summed E-state index contributed by atoms with van der Waals surface area (Å²) in [5, 5.41) is 0. The second-order valence-electron chi connectivity index (χ2n) is 5.70. The minimum Gasteiger partial charge on any atom is -0.303 e. The van der Waals surface area contributed by atoms with E-state index in [0.29, 0.717) is 11.8 Å². The molecule has 98 valence electrons.